The third-order valence-electron chi connectivity index (χ3n) is 6.99. The summed E-state index contributed by atoms with van der Waals surface area (Å²) in [5.41, 5.74) is 1.99. The van der Waals surface area contributed by atoms with Crippen molar-refractivity contribution in [3.63, 3.8) is 0 Å². The van der Waals surface area contributed by atoms with E-state index in [0.717, 1.165) is 75.5 Å². The fraction of sp³-hybridized carbons (Fsp3) is 0.652. The topological polar surface area (TPSA) is 49.4 Å². The molecule has 3 aliphatic rings. The summed E-state index contributed by atoms with van der Waals surface area (Å²) in [4.78, 5) is 26.5. The first-order valence-corrected chi connectivity index (χ1v) is 10.9. The van der Waals surface area contributed by atoms with E-state index in [9.17, 15) is 14.0 Å². The lowest BCUT2D eigenvalue weighted by Gasteiger charge is -2.37. The second kappa shape index (κ2) is 8.32. The summed E-state index contributed by atoms with van der Waals surface area (Å²) in [6, 6.07) is 5.75. The number of carbonyl (C=O) groups excluding carboxylic acids is 2. The quantitative estimate of drug-likeness (QED) is 0.598. The molecule has 5 heteroatoms. The summed E-state index contributed by atoms with van der Waals surface area (Å²) >= 11 is 0. The van der Waals surface area contributed by atoms with Gasteiger partial charge in [-0.3, -0.25) is 14.5 Å². The zero-order valence-electron chi connectivity index (χ0n) is 16.6. The predicted octanol–water partition coefficient (Wildman–Crippen LogP) is 3.76. The number of benzene rings is 1. The molecule has 1 aliphatic heterocycles. The molecule has 1 spiro atoms. The van der Waals surface area contributed by atoms with Crippen molar-refractivity contribution in [3.05, 3.63) is 35.1 Å². The molecule has 152 valence electrons. The number of nitrogens with zero attached hydrogens (tertiary/aromatic N) is 1. The van der Waals surface area contributed by atoms with E-state index >= 15 is 0 Å². The highest BCUT2D eigenvalue weighted by Gasteiger charge is 2.44. The Hall–Kier alpha value is -1.75. The first kappa shape index (κ1) is 19.6. The van der Waals surface area contributed by atoms with E-state index in [0.29, 0.717) is 25.4 Å². The molecule has 2 aliphatic carbocycles. The van der Waals surface area contributed by atoms with Gasteiger partial charge in [-0.25, -0.2) is 4.39 Å². The van der Waals surface area contributed by atoms with Gasteiger partial charge in [0, 0.05) is 25.4 Å². The average molecular weight is 387 g/mol. The van der Waals surface area contributed by atoms with Crippen molar-refractivity contribution in [2.24, 2.45) is 5.41 Å². The van der Waals surface area contributed by atoms with Gasteiger partial charge in [0.25, 0.3) is 0 Å². The van der Waals surface area contributed by atoms with Crippen LogP contribution in [0.3, 0.4) is 0 Å². The van der Waals surface area contributed by atoms with Crippen LogP contribution in [0.1, 0.15) is 68.9 Å². The lowest BCUT2D eigenvalue weighted by atomic mass is 9.76. The molecule has 28 heavy (non-hydrogen) atoms. The number of halogens is 1. The zero-order valence-corrected chi connectivity index (χ0v) is 16.6. The minimum absolute atomic E-state index is 0.0109. The highest BCUT2D eigenvalue weighted by Crippen LogP contribution is 2.46. The third kappa shape index (κ3) is 4.14. The van der Waals surface area contributed by atoms with Crippen LogP contribution in [0.5, 0.6) is 0 Å². The minimum Gasteiger partial charge on any atom is -0.314 e. The number of piperidine rings is 1. The standard InChI is InChI=1S/C23H31FN2O2/c24-20-7-5-6-17-14-18(8-9-19(17)20)25-12-3-4-13-26-21(27)15-23(16-22(26)28)10-1-2-11-23/h5-7,18,25H,1-4,8-16H2/t18-/m1/s1. The van der Waals surface area contributed by atoms with Crippen LogP contribution in [0.4, 0.5) is 4.39 Å². The first-order chi connectivity index (χ1) is 13.6. The van der Waals surface area contributed by atoms with Gasteiger partial charge in [-0.05, 0) is 74.1 Å². The Labute approximate surface area is 166 Å². The van der Waals surface area contributed by atoms with E-state index < -0.39 is 0 Å². The summed E-state index contributed by atoms with van der Waals surface area (Å²) < 4.78 is 13.8. The first-order valence-electron chi connectivity index (χ1n) is 10.9. The van der Waals surface area contributed by atoms with Crippen LogP contribution in [0.15, 0.2) is 18.2 Å². The van der Waals surface area contributed by atoms with Crippen LogP contribution in [-0.4, -0.2) is 35.8 Å². The summed E-state index contributed by atoms with van der Waals surface area (Å²) in [5, 5.41) is 3.57. The van der Waals surface area contributed by atoms with Crippen molar-refractivity contribution < 1.29 is 14.0 Å². The summed E-state index contributed by atoms with van der Waals surface area (Å²) in [6.07, 6.45) is 9.92. The van der Waals surface area contributed by atoms with Gasteiger partial charge in [0.05, 0.1) is 0 Å². The highest BCUT2D eigenvalue weighted by atomic mass is 19.1. The molecular formula is C23H31FN2O2. The number of imide groups is 1. The Morgan fingerprint density at radius 2 is 1.86 bits per heavy atom. The Kier molecular flexibility index (Phi) is 5.81. The van der Waals surface area contributed by atoms with Crippen LogP contribution in [0.2, 0.25) is 0 Å². The van der Waals surface area contributed by atoms with E-state index in [-0.39, 0.29) is 23.0 Å². The molecule has 0 aromatic heterocycles. The van der Waals surface area contributed by atoms with Gasteiger partial charge in [-0.1, -0.05) is 25.0 Å². The van der Waals surface area contributed by atoms with E-state index in [1.54, 1.807) is 12.1 Å². The number of amides is 2. The van der Waals surface area contributed by atoms with Gasteiger partial charge in [-0.2, -0.15) is 0 Å². The summed E-state index contributed by atoms with van der Waals surface area (Å²) in [6.45, 7) is 1.42. The number of carbonyl (C=O) groups is 2. The maximum atomic E-state index is 13.8. The van der Waals surface area contributed by atoms with Crippen LogP contribution in [0.25, 0.3) is 0 Å². The van der Waals surface area contributed by atoms with E-state index in [2.05, 4.69) is 5.32 Å². The molecule has 4 nitrogen and oxygen atoms in total. The number of likely N-dealkylation sites (tertiary alicyclic amines) is 1. The van der Waals surface area contributed by atoms with Crippen molar-refractivity contribution in [2.75, 3.05) is 13.1 Å². The van der Waals surface area contributed by atoms with Crippen LogP contribution < -0.4 is 5.32 Å². The summed E-state index contributed by atoms with van der Waals surface area (Å²) in [7, 11) is 0. The van der Waals surface area contributed by atoms with Crippen LogP contribution in [0, 0.1) is 11.2 Å². The Bertz CT molecular complexity index is 722. The molecule has 1 N–H and O–H groups in total. The molecule has 0 unspecified atom stereocenters. The molecule has 1 saturated heterocycles. The number of fused-ring (bicyclic) bond motifs is 1. The molecule has 0 radical (unpaired) electrons. The van der Waals surface area contributed by atoms with Gasteiger partial charge in [0.2, 0.25) is 11.8 Å². The van der Waals surface area contributed by atoms with E-state index in [1.807, 2.05) is 6.07 Å². The molecule has 1 aromatic rings. The third-order valence-corrected chi connectivity index (χ3v) is 6.99. The number of nitrogens with one attached hydrogen (secondary N) is 1. The number of hydrogen-bond acceptors (Lipinski definition) is 3. The van der Waals surface area contributed by atoms with Gasteiger partial charge >= 0.3 is 0 Å². The second-order valence-electron chi connectivity index (χ2n) is 8.98. The monoisotopic (exact) mass is 386 g/mol. The van der Waals surface area contributed by atoms with Crippen LogP contribution >= 0.6 is 0 Å². The highest BCUT2D eigenvalue weighted by molar-refractivity contribution is 5.98. The number of unbranched alkanes of at least 4 members (excludes halogenated alkanes) is 1. The molecule has 1 heterocycles. The fourth-order valence-electron chi connectivity index (χ4n) is 5.40. The van der Waals surface area contributed by atoms with Crippen molar-refractivity contribution in [3.8, 4) is 0 Å². The largest absolute Gasteiger partial charge is 0.314 e. The smallest absolute Gasteiger partial charge is 0.229 e. The lowest BCUT2D eigenvalue weighted by molar-refractivity contribution is -0.153. The normalized spacial score (nSPS) is 24.0. The van der Waals surface area contributed by atoms with Crippen molar-refractivity contribution in [2.45, 2.75) is 76.7 Å². The van der Waals surface area contributed by atoms with Crippen molar-refractivity contribution in [1.82, 2.24) is 10.2 Å². The van der Waals surface area contributed by atoms with E-state index in [1.165, 1.54) is 4.90 Å². The maximum absolute atomic E-state index is 13.8. The molecule has 1 saturated carbocycles. The molecule has 1 atom stereocenters. The average Bonchev–Trinajstić information content (AvgIpc) is 3.11. The molecule has 2 amide bonds. The van der Waals surface area contributed by atoms with Crippen LogP contribution in [-0.2, 0) is 22.4 Å². The van der Waals surface area contributed by atoms with Gasteiger partial charge < -0.3 is 5.32 Å². The Balaban J connectivity index is 1.17. The lowest BCUT2D eigenvalue weighted by Crippen LogP contribution is -2.47. The molecule has 0 bridgehead atoms. The molecule has 1 aromatic carbocycles. The van der Waals surface area contributed by atoms with Crippen molar-refractivity contribution in [1.29, 1.82) is 0 Å². The number of rotatable bonds is 6. The predicted molar refractivity (Wildman–Crippen MR) is 106 cm³/mol. The van der Waals surface area contributed by atoms with Gasteiger partial charge in [-0.15, -0.1) is 0 Å². The maximum Gasteiger partial charge on any atom is 0.229 e. The Morgan fingerprint density at radius 3 is 2.61 bits per heavy atom. The van der Waals surface area contributed by atoms with E-state index in [4.69, 9.17) is 0 Å². The zero-order chi connectivity index (χ0) is 19.6. The second-order valence-corrected chi connectivity index (χ2v) is 8.98. The van der Waals surface area contributed by atoms with Gasteiger partial charge in [0.1, 0.15) is 5.82 Å². The minimum atomic E-state index is -0.0776. The fourth-order valence-corrected chi connectivity index (χ4v) is 5.40. The Morgan fingerprint density at radius 1 is 1.11 bits per heavy atom. The number of hydrogen-bond donors (Lipinski definition) is 1. The molecule has 2 fully saturated rings. The SMILES string of the molecule is O=C1CC2(CCCC2)CC(=O)N1CCCCN[C@@H]1CCc2c(F)cccc2C1. The molecular weight excluding hydrogens is 355 g/mol. The summed E-state index contributed by atoms with van der Waals surface area (Å²) in [5.74, 6) is 0.000228. The van der Waals surface area contributed by atoms with Crippen molar-refractivity contribution >= 4 is 11.8 Å². The van der Waals surface area contributed by atoms with Gasteiger partial charge in [0.15, 0.2) is 0 Å². The molecule has 4 rings (SSSR count).